The van der Waals surface area contributed by atoms with Gasteiger partial charge in [0.15, 0.2) is 0 Å². The van der Waals surface area contributed by atoms with Gasteiger partial charge in [-0.3, -0.25) is 4.79 Å². The Bertz CT molecular complexity index is 306. The average molecular weight is 267 g/mol. The minimum Gasteiger partial charge on any atom is -0.341 e. The predicted molar refractivity (Wildman–Crippen MR) is 78.0 cm³/mol. The van der Waals surface area contributed by atoms with Gasteiger partial charge in [0, 0.05) is 44.7 Å². The first-order chi connectivity index (χ1) is 9.08. The zero-order valence-electron chi connectivity index (χ0n) is 12.7. The van der Waals surface area contributed by atoms with Crippen LogP contribution in [-0.4, -0.2) is 61.0 Å². The highest BCUT2D eigenvalue weighted by atomic mass is 16.2. The van der Waals surface area contributed by atoms with E-state index in [-0.39, 0.29) is 5.92 Å². The van der Waals surface area contributed by atoms with Gasteiger partial charge in [-0.25, -0.2) is 0 Å². The molecular formula is C15H29N3O. The Balaban J connectivity index is 1.90. The lowest BCUT2D eigenvalue weighted by Crippen LogP contribution is -2.46. The summed E-state index contributed by atoms with van der Waals surface area (Å²) in [5, 5.41) is 3.35. The molecule has 2 unspecified atom stereocenters. The lowest BCUT2D eigenvalue weighted by Gasteiger charge is -2.37. The predicted octanol–water partition coefficient (Wildman–Crippen LogP) is 1.17. The van der Waals surface area contributed by atoms with E-state index in [9.17, 15) is 4.79 Å². The average Bonchev–Trinajstić information content (AvgIpc) is 2.55. The highest BCUT2D eigenvalue weighted by Crippen LogP contribution is 2.20. The Morgan fingerprint density at radius 3 is 2.89 bits per heavy atom. The molecule has 2 saturated heterocycles. The normalized spacial score (nSPS) is 30.7. The molecule has 0 saturated carbocycles. The van der Waals surface area contributed by atoms with E-state index in [0.29, 0.717) is 17.9 Å². The van der Waals surface area contributed by atoms with Gasteiger partial charge in [0.1, 0.15) is 0 Å². The van der Waals surface area contributed by atoms with E-state index in [1.807, 2.05) is 6.92 Å². The van der Waals surface area contributed by atoms with E-state index in [1.165, 1.54) is 19.4 Å². The van der Waals surface area contributed by atoms with Crippen LogP contribution in [0.1, 0.15) is 33.6 Å². The summed E-state index contributed by atoms with van der Waals surface area (Å²) in [4.78, 5) is 17.0. The lowest BCUT2D eigenvalue weighted by atomic mass is 9.96. The number of carbonyl (C=O) groups excluding carboxylic acids is 1. The van der Waals surface area contributed by atoms with Crippen LogP contribution in [-0.2, 0) is 4.79 Å². The Kier molecular flexibility index (Phi) is 5.22. The van der Waals surface area contributed by atoms with Gasteiger partial charge in [0.25, 0.3) is 0 Å². The van der Waals surface area contributed by atoms with Crippen molar-refractivity contribution >= 4 is 5.91 Å². The molecule has 0 spiro atoms. The third-order valence-corrected chi connectivity index (χ3v) is 4.50. The zero-order chi connectivity index (χ0) is 13.8. The summed E-state index contributed by atoms with van der Waals surface area (Å²) in [6.07, 6.45) is 2.55. The second-order valence-corrected chi connectivity index (χ2v) is 6.49. The van der Waals surface area contributed by atoms with Crippen molar-refractivity contribution in [2.45, 2.75) is 39.7 Å². The van der Waals surface area contributed by atoms with Gasteiger partial charge < -0.3 is 15.1 Å². The van der Waals surface area contributed by atoms with Crippen molar-refractivity contribution in [1.82, 2.24) is 15.1 Å². The molecule has 0 aliphatic carbocycles. The standard InChI is InChI=1S/C15H29N3O/c1-12(2)17-7-4-5-14(10-17)11-18-8-6-16-9-13(3)15(18)19/h12-14,16H,4-11H2,1-3H3. The fraction of sp³-hybridized carbons (Fsp3) is 0.933. The van der Waals surface area contributed by atoms with Crippen LogP contribution in [0.2, 0.25) is 0 Å². The quantitative estimate of drug-likeness (QED) is 0.834. The summed E-state index contributed by atoms with van der Waals surface area (Å²) in [6.45, 7) is 12.6. The highest BCUT2D eigenvalue weighted by molar-refractivity contribution is 5.79. The third-order valence-electron chi connectivity index (χ3n) is 4.50. The summed E-state index contributed by atoms with van der Waals surface area (Å²) in [5.41, 5.74) is 0. The first-order valence-electron chi connectivity index (χ1n) is 7.81. The van der Waals surface area contributed by atoms with Crippen LogP contribution < -0.4 is 5.32 Å². The Hall–Kier alpha value is -0.610. The van der Waals surface area contributed by atoms with E-state index >= 15 is 0 Å². The molecule has 0 aromatic rings. The van der Waals surface area contributed by atoms with Gasteiger partial charge in [-0.2, -0.15) is 0 Å². The van der Waals surface area contributed by atoms with Gasteiger partial charge in [-0.15, -0.1) is 0 Å². The monoisotopic (exact) mass is 267 g/mol. The van der Waals surface area contributed by atoms with Crippen LogP contribution >= 0.6 is 0 Å². The van der Waals surface area contributed by atoms with Crippen molar-refractivity contribution in [2.24, 2.45) is 11.8 Å². The molecular weight excluding hydrogens is 238 g/mol. The van der Waals surface area contributed by atoms with Gasteiger partial charge in [-0.1, -0.05) is 6.92 Å². The molecule has 2 aliphatic rings. The van der Waals surface area contributed by atoms with E-state index in [0.717, 1.165) is 32.7 Å². The summed E-state index contributed by atoms with van der Waals surface area (Å²) >= 11 is 0. The SMILES string of the molecule is CC1CNCCN(CC2CCCN(C(C)C)C2)C1=O. The maximum atomic E-state index is 12.3. The number of carbonyl (C=O) groups is 1. The number of nitrogens with one attached hydrogen (secondary N) is 1. The smallest absolute Gasteiger partial charge is 0.226 e. The molecule has 2 atom stereocenters. The Labute approximate surface area is 117 Å². The summed E-state index contributed by atoms with van der Waals surface area (Å²) < 4.78 is 0. The molecule has 2 fully saturated rings. The van der Waals surface area contributed by atoms with Crippen LogP contribution in [0, 0.1) is 11.8 Å². The maximum absolute atomic E-state index is 12.3. The molecule has 2 rings (SSSR count). The fourth-order valence-corrected chi connectivity index (χ4v) is 3.25. The van der Waals surface area contributed by atoms with Crippen molar-refractivity contribution in [2.75, 3.05) is 39.3 Å². The van der Waals surface area contributed by atoms with Gasteiger partial charge in [0.2, 0.25) is 5.91 Å². The van der Waals surface area contributed by atoms with Crippen LogP contribution in [0.5, 0.6) is 0 Å². The number of nitrogens with zero attached hydrogens (tertiary/aromatic N) is 2. The lowest BCUT2D eigenvalue weighted by molar-refractivity contribution is -0.134. The van der Waals surface area contributed by atoms with Crippen LogP contribution in [0.3, 0.4) is 0 Å². The topological polar surface area (TPSA) is 35.6 Å². The Morgan fingerprint density at radius 1 is 1.37 bits per heavy atom. The second kappa shape index (κ2) is 6.71. The summed E-state index contributed by atoms with van der Waals surface area (Å²) in [6, 6.07) is 0.628. The number of rotatable bonds is 3. The van der Waals surface area contributed by atoms with Gasteiger partial charge >= 0.3 is 0 Å². The molecule has 19 heavy (non-hydrogen) atoms. The molecule has 1 amide bonds. The summed E-state index contributed by atoms with van der Waals surface area (Å²) in [5.74, 6) is 1.13. The molecule has 0 aromatic carbocycles. The molecule has 110 valence electrons. The molecule has 0 aromatic heterocycles. The minimum absolute atomic E-state index is 0.132. The van der Waals surface area contributed by atoms with Gasteiger partial charge in [-0.05, 0) is 39.2 Å². The van der Waals surface area contributed by atoms with Crippen LogP contribution in [0.4, 0.5) is 0 Å². The molecule has 4 heteroatoms. The van der Waals surface area contributed by atoms with E-state index in [4.69, 9.17) is 0 Å². The third kappa shape index (κ3) is 3.93. The molecule has 0 bridgehead atoms. The van der Waals surface area contributed by atoms with Crippen molar-refractivity contribution < 1.29 is 4.79 Å². The molecule has 2 heterocycles. The largest absolute Gasteiger partial charge is 0.341 e. The number of piperidine rings is 1. The van der Waals surface area contributed by atoms with Crippen LogP contribution in [0.25, 0.3) is 0 Å². The number of amides is 1. The first-order valence-corrected chi connectivity index (χ1v) is 7.81. The molecule has 0 radical (unpaired) electrons. The number of hydrogen-bond donors (Lipinski definition) is 1. The van der Waals surface area contributed by atoms with E-state index in [2.05, 4.69) is 29.0 Å². The van der Waals surface area contributed by atoms with Crippen molar-refractivity contribution in [3.63, 3.8) is 0 Å². The zero-order valence-corrected chi connectivity index (χ0v) is 12.7. The fourth-order valence-electron chi connectivity index (χ4n) is 3.25. The highest BCUT2D eigenvalue weighted by Gasteiger charge is 2.28. The first kappa shape index (κ1) is 14.8. The maximum Gasteiger partial charge on any atom is 0.226 e. The van der Waals surface area contributed by atoms with Gasteiger partial charge in [0.05, 0.1) is 0 Å². The van der Waals surface area contributed by atoms with Crippen molar-refractivity contribution in [1.29, 1.82) is 0 Å². The Morgan fingerprint density at radius 2 is 2.16 bits per heavy atom. The van der Waals surface area contributed by atoms with E-state index in [1.54, 1.807) is 0 Å². The number of likely N-dealkylation sites (tertiary alicyclic amines) is 1. The molecule has 1 N–H and O–H groups in total. The van der Waals surface area contributed by atoms with E-state index < -0.39 is 0 Å². The second-order valence-electron chi connectivity index (χ2n) is 6.49. The van der Waals surface area contributed by atoms with Crippen molar-refractivity contribution in [3.8, 4) is 0 Å². The van der Waals surface area contributed by atoms with Crippen LogP contribution in [0.15, 0.2) is 0 Å². The summed E-state index contributed by atoms with van der Waals surface area (Å²) in [7, 11) is 0. The minimum atomic E-state index is 0.132. The molecule has 4 nitrogen and oxygen atoms in total. The number of hydrogen-bond acceptors (Lipinski definition) is 3. The van der Waals surface area contributed by atoms with Crippen molar-refractivity contribution in [3.05, 3.63) is 0 Å². The molecule has 2 aliphatic heterocycles.